The van der Waals surface area contributed by atoms with Gasteiger partial charge >= 0.3 is 0 Å². The van der Waals surface area contributed by atoms with Crippen LogP contribution in [0.3, 0.4) is 0 Å². The Labute approximate surface area is 87.7 Å². The number of nitrogens with zero attached hydrogens (tertiary/aromatic N) is 3. The summed E-state index contributed by atoms with van der Waals surface area (Å²) in [5.41, 5.74) is 6.35. The van der Waals surface area contributed by atoms with E-state index in [1.165, 1.54) is 0 Å². The van der Waals surface area contributed by atoms with Crippen LogP contribution in [-0.4, -0.2) is 22.2 Å². The molecular weight excluding hydrogens is 194 g/mol. The van der Waals surface area contributed by atoms with Crippen LogP contribution in [0.15, 0.2) is 12.4 Å². The van der Waals surface area contributed by atoms with Gasteiger partial charge in [0.15, 0.2) is 0 Å². The number of aromatic nitrogens is 2. The van der Waals surface area contributed by atoms with Gasteiger partial charge in [0.2, 0.25) is 5.91 Å². The molecule has 0 fully saturated rings. The van der Waals surface area contributed by atoms with E-state index < -0.39 is 6.04 Å². The summed E-state index contributed by atoms with van der Waals surface area (Å²) in [7, 11) is 1.75. The SMILES string of the molecule is Cn1cc(C(N)C(=O)NCCC#N)cn1. The highest BCUT2D eigenvalue weighted by molar-refractivity contribution is 5.82. The fraction of sp³-hybridized carbons (Fsp3) is 0.444. The first-order valence-corrected chi connectivity index (χ1v) is 4.54. The van der Waals surface area contributed by atoms with Gasteiger partial charge in [-0.25, -0.2) is 0 Å². The lowest BCUT2D eigenvalue weighted by Crippen LogP contribution is -2.34. The Hall–Kier alpha value is -1.87. The summed E-state index contributed by atoms with van der Waals surface area (Å²) >= 11 is 0. The Morgan fingerprint density at radius 1 is 1.87 bits per heavy atom. The van der Waals surface area contributed by atoms with E-state index in [4.69, 9.17) is 11.0 Å². The Balaban J connectivity index is 2.50. The molecule has 0 spiro atoms. The third-order valence-electron chi connectivity index (χ3n) is 1.90. The van der Waals surface area contributed by atoms with Gasteiger partial charge in [0, 0.05) is 25.4 Å². The van der Waals surface area contributed by atoms with Gasteiger partial charge in [-0.2, -0.15) is 10.4 Å². The summed E-state index contributed by atoms with van der Waals surface area (Å²) < 4.78 is 1.58. The first-order chi connectivity index (χ1) is 7.15. The maximum absolute atomic E-state index is 11.4. The second kappa shape index (κ2) is 5.12. The molecule has 80 valence electrons. The molecule has 1 aromatic heterocycles. The van der Waals surface area contributed by atoms with Crippen molar-refractivity contribution >= 4 is 5.91 Å². The molecule has 1 rings (SSSR count). The Morgan fingerprint density at radius 2 is 2.60 bits per heavy atom. The highest BCUT2D eigenvalue weighted by Crippen LogP contribution is 2.07. The summed E-state index contributed by atoms with van der Waals surface area (Å²) in [6.07, 6.45) is 3.52. The predicted molar refractivity (Wildman–Crippen MR) is 53.4 cm³/mol. The first-order valence-electron chi connectivity index (χ1n) is 4.54. The van der Waals surface area contributed by atoms with E-state index in [0.717, 1.165) is 0 Å². The largest absolute Gasteiger partial charge is 0.353 e. The van der Waals surface area contributed by atoms with E-state index in [1.807, 2.05) is 6.07 Å². The Morgan fingerprint density at radius 3 is 3.13 bits per heavy atom. The minimum Gasteiger partial charge on any atom is -0.353 e. The molecule has 0 saturated carbocycles. The molecule has 6 heteroatoms. The molecule has 1 heterocycles. The summed E-state index contributed by atoms with van der Waals surface area (Å²) in [4.78, 5) is 11.4. The van der Waals surface area contributed by atoms with Gasteiger partial charge < -0.3 is 11.1 Å². The molecule has 0 bridgehead atoms. The van der Waals surface area contributed by atoms with Crippen LogP contribution in [0.1, 0.15) is 18.0 Å². The number of amides is 1. The van der Waals surface area contributed by atoms with Gasteiger partial charge in [-0.3, -0.25) is 9.48 Å². The number of nitrogens with one attached hydrogen (secondary N) is 1. The molecule has 1 unspecified atom stereocenters. The summed E-state index contributed by atoms with van der Waals surface area (Å²) in [6, 6.07) is 1.21. The first kappa shape index (κ1) is 11.2. The summed E-state index contributed by atoms with van der Waals surface area (Å²) in [6.45, 7) is 0.323. The molecule has 6 nitrogen and oxygen atoms in total. The normalized spacial score (nSPS) is 11.8. The fourth-order valence-corrected chi connectivity index (χ4v) is 1.10. The van der Waals surface area contributed by atoms with E-state index in [9.17, 15) is 4.79 Å². The van der Waals surface area contributed by atoms with E-state index in [0.29, 0.717) is 12.1 Å². The standard InChI is InChI=1S/C9H13N5O/c1-14-6-7(5-13-14)8(11)9(15)12-4-2-3-10/h5-6,8H,2,4,11H2,1H3,(H,12,15). The number of nitriles is 1. The van der Waals surface area contributed by atoms with Crippen LogP contribution in [0, 0.1) is 11.3 Å². The Bertz CT molecular complexity index is 378. The summed E-state index contributed by atoms with van der Waals surface area (Å²) in [5.74, 6) is -0.293. The Kier molecular flexibility index (Phi) is 3.83. The zero-order valence-electron chi connectivity index (χ0n) is 8.47. The molecule has 1 amide bonds. The molecule has 3 N–H and O–H groups in total. The topological polar surface area (TPSA) is 96.7 Å². The zero-order chi connectivity index (χ0) is 11.3. The van der Waals surface area contributed by atoms with Gasteiger partial charge in [0.25, 0.3) is 0 Å². The molecule has 0 aromatic carbocycles. The van der Waals surface area contributed by atoms with E-state index >= 15 is 0 Å². The van der Waals surface area contributed by atoms with E-state index in [1.54, 1.807) is 24.1 Å². The number of carbonyl (C=O) groups is 1. The quantitative estimate of drug-likeness (QED) is 0.647. The molecule has 0 aliphatic rings. The molecule has 0 saturated heterocycles. The van der Waals surface area contributed by atoms with Crippen LogP contribution in [-0.2, 0) is 11.8 Å². The molecule has 0 aliphatic heterocycles. The lowest BCUT2D eigenvalue weighted by atomic mass is 10.1. The minimum absolute atomic E-state index is 0.283. The van der Waals surface area contributed by atoms with Gasteiger partial charge in [0.1, 0.15) is 6.04 Å². The lowest BCUT2D eigenvalue weighted by molar-refractivity contribution is -0.122. The molecule has 0 aliphatic carbocycles. The fourth-order valence-electron chi connectivity index (χ4n) is 1.10. The number of hydrogen-bond acceptors (Lipinski definition) is 4. The molecule has 1 atom stereocenters. The van der Waals surface area contributed by atoms with Crippen molar-refractivity contribution in [3.63, 3.8) is 0 Å². The van der Waals surface area contributed by atoms with Crippen molar-refractivity contribution in [2.45, 2.75) is 12.5 Å². The van der Waals surface area contributed by atoms with Crippen molar-refractivity contribution in [2.75, 3.05) is 6.54 Å². The van der Waals surface area contributed by atoms with Crippen LogP contribution in [0.4, 0.5) is 0 Å². The van der Waals surface area contributed by atoms with Crippen molar-refractivity contribution in [1.82, 2.24) is 15.1 Å². The summed E-state index contributed by atoms with van der Waals surface area (Å²) in [5, 5.41) is 14.8. The zero-order valence-corrected chi connectivity index (χ0v) is 8.47. The van der Waals surface area contributed by atoms with E-state index in [-0.39, 0.29) is 12.3 Å². The maximum Gasteiger partial charge on any atom is 0.241 e. The lowest BCUT2D eigenvalue weighted by Gasteiger charge is -2.08. The number of aryl methyl sites for hydroxylation is 1. The molecule has 1 aromatic rings. The van der Waals surface area contributed by atoms with Crippen molar-refractivity contribution in [3.05, 3.63) is 18.0 Å². The highest BCUT2D eigenvalue weighted by Gasteiger charge is 2.16. The average molecular weight is 207 g/mol. The third-order valence-corrected chi connectivity index (χ3v) is 1.90. The van der Waals surface area contributed by atoms with Gasteiger partial charge in [0.05, 0.1) is 18.7 Å². The second-order valence-corrected chi connectivity index (χ2v) is 3.12. The third kappa shape index (κ3) is 3.07. The van der Waals surface area contributed by atoms with Crippen LogP contribution in [0.2, 0.25) is 0 Å². The molecule has 0 radical (unpaired) electrons. The number of nitrogens with two attached hydrogens (primary N) is 1. The molecular formula is C9H13N5O. The van der Waals surface area contributed by atoms with Crippen molar-refractivity contribution in [1.29, 1.82) is 5.26 Å². The van der Waals surface area contributed by atoms with Crippen LogP contribution >= 0.6 is 0 Å². The van der Waals surface area contributed by atoms with Crippen molar-refractivity contribution < 1.29 is 4.79 Å². The number of carbonyl (C=O) groups excluding carboxylic acids is 1. The van der Waals surface area contributed by atoms with Crippen molar-refractivity contribution in [3.8, 4) is 6.07 Å². The van der Waals surface area contributed by atoms with Crippen LogP contribution in [0.25, 0.3) is 0 Å². The van der Waals surface area contributed by atoms with Crippen LogP contribution in [0.5, 0.6) is 0 Å². The van der Waals surface area contributed by atoms with Gasteiger partial charge in [-0.1, -0.05) is 0 Å². The van der Waals surface area contributed by atoms with Gasteiger partial charge in [-0.15, -0.1) is 0 Å². The second-order valence-electron chi connectivity index (χ2n) is 3.12. The monoisotopic (exact) mass is 207 g/mol. The predicted octanol–water partition coefficient (Wildman–Crippen LogP) is -0.550. The average Bonchev–Trinajstić information content (AvgIpc) is 2.64. The van der Waals surface area contributed by atoms with Crippen molar-refractivity contribution in [2.24, 2.45) is 12.8 Å². The van der Waals surface area contributed by atoms with E-state index in [2.05, 4.69) is 10.4 Å². The maximum atomic E-state index is 11.4. The number of hydrogen-bond donors (Lipinski definition) is 2. The number of rotatable bonds is 4. The molecule has 15 heavy (non-hydrogen) atoms. The minimum atomic E-state index is -0.725. The van der Waals surface area contributed by atoms with Crippen LogP contribution < -0.4 is 11.1 Å². The van der Waals surface area contributed by atoms with Gasteiger partial charge in [-0.05, 0) is 0 Å². The smallest absolute Gasteiger partial charge is 0.241 e. The highest BCUT2D eigenvalue weighted by atomic mass is 16.2.